The molecule has 0 aromatic heterocycles. The van der Waals surface area contributed by atoms with E-state index in [1.165, 1.54) is 17.0 Å². The van der Waals surface area contributed by atoms with E-state index in [1.54, 1.807) is 34.9 Å². The average molecular weight is 333 g/mol. The molecule has 0 saturated carbocycles. The Morgan fingerprint density at radius 2 is 1.71 bits per heavy atom. The highest BCUT2D eigenvalue weighted by Gasteiger charge is 2.19. The number of hydrogen-bond donors (Lipinski definition) is 1. The van der Waals surface area contributed by atoms with E-state index in [-0.39, 0.29) is 27.2 Å². The molecule has 0 spiro atoms. The third kappa shape index (κ3) is 5.10. The number of carbonyl (C=O) groups is 2. The van der Waals surface area contributed by atoms with Gasteiger partial charge in [0.15, 0.2) is 0 Å². The molecule has 0 aliphatic heterocycles. The van der Waals surface area contributed by atoms with Crippen molar-refractivity contribution in [3.05, 3.63) is 27.7 Å². The monoisotopic (exact) mass is 332 g/mol. The van der Waals surface area contributed by atoms with Crippen LogP contribution in [0.2, 0.25) is 10.0 Å². The molecule has 0 radical (unpaired) electrons. The van der Waals surface area contributed by atoms with Gasteiger partial charge in [0, 0.05) is 14.1 Å². The lowest BCUT2D eigenvalue weighted by molar-refractivity contribution is 0.0635. The summed E-state index contributed by atoms with van der Waals surface area (Å²) in [5, 5.41) is 2.90. The van der Waals surface area contributed by atoms with Gasteiger partial charge < -0.3 is 9.64 Å². The van der Waals surface area contributed by atoms with Crippen LogP contribution < -0.4 is 5.32 Å². The van der Waals surface area contributed by atoms with Crippen LogP contribution in [0.3, 0.4) is 0 Å². The lowest BCUT2D eigenvalue weighted by Gasteiger charge is -2.20. The highest BCUT2D eigenvalue weighted by atomic mass is 35.5. The lowest BCUT2D eigenvalue weighted by atomic mass is 10.2. The third-order valence-electron chi connectivity index (χ3n) is 2.33. The van der Waals surface area contributed by atoms with Gasteiger partial charge in [-0.1, -0.05) is 23.2 Å². The van der Waals surface area contributed by atoms with Crippen molar-refractivity contribution in [2.24, 2.45) is 0 Å². The summed E-state index contributed by atoms with van der Waals surface area (Å²) in [7, 11) is 3.22. The maximum absolute atomic E-state index is 11.9. The molecule has 0 aliphatic rings. The molecule has 0 unspecified atom stereocenters. The summed E-state index contributed by atoms with van der Waals surface area (Å²) >= 11 is 12.1. The van der Waals surface area contributed by atoms with Crippen LogP contribution >= 0.6 is 23.2 Å². The Kier molecular flexibility index (Phi) is 5.48. The molecule has 1 aromatic carbocycles. The minimum absolute atomic E-state index is 0.198. The molecule has 0 heterocycles. The van der Waals surface area contributed by atoms with Gasteiger partial charge in [-0.3, -0.25) is 10.1 Å². The first-order chi connectivity index (χ1) is 9.51. The Hall–Kier alpha value is -1.46. The van der Waals surface area contributed by atoms with E-state index in [0.29, 0.717) is 0 Å². The molecule has 0 fully saturated rings. The maximum Gasteiger partial charge on any atom is 0.412 e. The van der Waals surface area contributed by atoms with E-state index >= 15 is 0 Å². The zero-order valence-corrected chi connectivity index (χ0v) is 14.1. The normalized spacial score (nSPS) is 11.0. The second kappa shape index (κ2) is 6.54. The quantitative estimate of drug-likeness (QED) is 0.888. The largest absolute Gasteiger partial charge is 0.444 e. The minimum Gasteiger partial charge on any atom is -0.444 e. The minimum atomic E-state index is -0.646. The van der Waals surface area contributed by atoms with Crippen LogP contribution in [-0.4, -0.2) is 36.6 Å². The molecular formula is C14H18Cl2N2O3. The first-order valence-corrected chi connectivity index (χ1v) is 6.97. The van der Waals surface area contributed by atoms with Crippen LogP contribution in [0.5, 0.6) is 0 Å². The zero-order valence-electron chi connectivity index (χ0n) is 12.6. The number of hydrogen-bond acceptors (Lipinski definition) is 3. The molecule has 1 aromatic rings. The molecule has 0 aliphatic carbocycles. The van der Waals surface area contributed by atoms with Crippen molar-refractivity contribution < 1.29 is 14.3 Å². The summed E-state index contributed by atoms with van der Waals surface area (Å²) in [6, 6.07) is 2.84. The standard InChI is InChI=1S/C14H18Cl2N2O3/c1-14(2,3)21-13(20)17-11-7-9(15)8(6-10(11)16)12(19)18(4)5/h6-7H,1-5H3,(H,17,20). The summed E-state index contributed by atoms with van der Waals surface area (Å²) in [6.07, 6.45) is -0.646. The Bertz CT molecular complexity index is 566. The fraction of sp³-hybridized carbons (Fsp3) is 0.429. The molecule has 21 heavy (non-hydrogen) atoms. The summed E-state index contributed by atoms with van der Waals surface area (Å²) in [4.78, 5) is 25.0. The Balaban J connectivity index is 3.00. The van der Waals surface area contributed by atoms with Crippen LogP contribution in [0, 0.1) is 0 Å². The Morgan fingerprint density at radius 3 is 2.19 bits per heavy atom. The maximum atomic E-state index is 11.9. The highest BCUT2D eigenvalue weighted by Crippen LogP contribution is 2.30. The smallest absolute Gasteiger partial charge is 0.412 e. The Labute approximate surface area is 134 Å². The summed E-state index contributed by atoms with van der Waals surface area (Å²) in [5.74, 6) is -0.272. The molecular weight excluding hydrogens is 315 g/mol. The van der Waals surface area contributed by atoms with E-state index < -0.39 is 11.7 Å². The fourth-order valence-corrected chi connectivity index (χ4v) is 1.92. The summed E-state index contributed by atoms with van der Waals surface area (Å²) in [5.41, 5.74) is -0.0751. The van der Waals surface area contributed by atoms with Crippen LogP contribution in [0.15, 0.2) is 12.1 Å². The van der Waals surface area contributed by atoms with Gasteiger partial charge in [0.25, 0.3) is 5.91 Å². The van der Waals surface area contributed by atoms with Crippen molar-refractivity contribution in [3.63, 3.8) is 0 Å². The highest BCUT2D eigenvalue weighted by molar-refractivity contribution is 6.37. The number of halogens is 2. The number of rotatable bonds is 2. The van der Waals surface area contributed by atoms with Gasteiger partial charge in [-0.2, -0.15) is 0 Å². The molecule has 0 saturated heterocycles. The van der Waals surface area contributed by atoms with Crippen LogP contribution in [-0.2, 0) is 4.74 Å². The molecule has 2 amide bonds. The van der Waals surface area contributed by atoms with Gasteiger partial charge in [-0.15, -0.1) is 0 Å². The lowest BCUT2D eigenvalue weighted by Crippen LogP contribution is -2.27. The molecule has 1 N–H and O–H groups in total. The van der Waals surface area contributed by atoms with Crippen LogP contribution in [0.25, 0.3) is 0 Å². The van der Waals surface area contributed by atoms with Gasteiger partial charge in [-0.25, -0.2) is 4.79 Å². The van der Waals surface area contributed by atoms with Gasteiger partial charge >= 0.3 is 6.09 Å². The van der Waals surface area contributed by atoms with E-state index in [0.717, 1.165) is 0 Å². The Morgan fingerprint density at radius 1 is 1.14 bits per heavy atom. The van der Waals surface area contributed by atoms with Gasteiger partial charge in [0.1, 0.15) is 5.60 Å². The average Bonchev–Trinajstić information content (AvgIpc) is 2.29. The number of anilines is 1. The number of benzene rings is 1. The summed E-state index contributed by atoms with van der Waals surface area (Å²) in [6.45, 7) is 5.25. The van der Waals surface area contributed by atoms with E-state index in [1.807, 2.05) is 0 Å². The van der Waals surface area contributed by atoms with Gasteiger partial charge in [0.2, 0.25) is 0 Å². The number of ether oxygens (including phenoxy) is 1. The summed E-state index contributed by atoms with van der Waals surface area (Å²) < 4.78 is 5.13. The van der Waals surface area contributed by atoms with E-state index in [2.05, 4.69) is 5.32 Å². The first-order valence-electron chi connectivity index (χ1n) is 6.22. The van der Waals surface area contributed by atoms with Crippen molar-refractivity contribution in [1.29, 1.82) is 0 Å². The molecule has 0 bridgehead atoms. The predicted octanol–water partition coefficient (Wildman–Crippen LogP) is 4.04. The number of nitrogens with one attached hydrogen (secondary N) is 1. The number of nitrogens with zero attached hydrogens (tertiary/aromatic N) is 1. The first kappa shape index (κ1) is 17.6. The van der Waals surface area contributed by atoms with E-state index in [9.17, 15) is 9.59 Å². The van der Waals surface area contributed by atoms with Crippen LogP contribution in [0.1, 0.15) is 31.1 Å². The zero-order chi connectivity index (χ0) is 16.4. The van der Waals surface area contributed by atoms with Crippen molar-refractivity contribution in [2.75, 3.05) is 19.4 Å². The van der Waals surface area contributed by atoms with Gasteiger partial charge in [0.05, 0.1) is 21.3 Å². The van der Waals surface area contributed by atoms with Crippen molar-refractivity contribution >= 4 is 40.9 Å². The molecule has 7 heteroatoms. The molecule has 5 nitrogen and oxygen atoms in total. The SMILES string of the molecule is CN(C)C(=O)c1cc(Cl)c(NC(=O)OC(C)(C)C)cc1Cl. The predicted molar refractivity (Wildman–Crippen MR) is 84.3 cm³/mol. The fourth-order valence-electron chi connectivity index (χ4n) is 1.46. The topological polar surface area (TPSA) is 58.6 Å². The van der Waals surface area contributed by atoms with Gasteiger partial charge in [-0.05, 0) is 32.9 Å². The second-order valence-corrected chi connectivity index (χ2v) is 6.45. The van der Waals surface area contributed by atoms with Crippen molar-refractivity contribution in [3.8, 4) is 0 Å². The number of amides is 2. The second-order valence-electron chi connectivity index (χ2n) is 5.64. The van der Waals surface area contributed by atoms with Crippen LogP contribution in [0.4, 0.5) is 10.5 Å². The van der Waals surface area contributed by atoms with E-state index in [4.69, 9.17) is 27.9 Å². The molecule has 116 valence electrons. The molecule has 1 rings (SSSR count). The van der Waals surface area contributed by atoms with Crippen molar-refractivity contribution in [1.82, 2.24) is 4.90 Å². The molecule has 0 atom stereocenters. The van der Waals surface area contributed by atoms with Crippen molar-refractivity contribution in [2.45, 2.75) is 26.4 Å². The third-order valence-corrected chi connectivity index (χ3v) is 2.95. The number of carbonyl (C=O) groups excluding carboxylic acids is 2.